The minimum atomic E-state index is -1.01. The van der Waals surface area contributed by atoms with Crippen LogP contribution >= 0.6 is 0 Å². The number of fused-ring (bicyclic) bond motifs is 1. The SMILES string of the molecule is Cn1cc(-c2cc(C(=O)ON3C(=O)c4ccccc4C3=O)no2)nn1. The van der Waals surface area contributed by atoms with Crippen molar-refractivity contribution in [2.45, 2.75) is 0 Å². The Morgan fingerprint density at radius 1 is 1.16 bits per heavy atom. The van der Waals surface area contributed by atoms with Crippen LogP contribution in [0, 0.1) is 0 Å². The number of nitrogens with zero attached hydrogens (tertiary/aromatic N) is 5. The molecule has 1 aromatic carbocycles. The van der Waals surface area contributed by atoms with Crippen LogP contribution in [0.15, 0.2) is 41.1 Å². The third-order valence-electron chi connectivity index (χ3n) is 3.51. The van der Waals surface area contributed by atoms with Crippen molar-refractivity contribution in [3.8, 4) is 11.5 Å². The molecule has 0 radical (unpaired) electrons. The number of hydrogen-bond donors (Lipinski definition) is 0. The number of aryl methyl sites for hydroxylation is 1. The van der Waals surface area contributed by atoms with Crippen molar-refractivity contribution in [2.75, 3.05) is 0 Å². The largest absolute Gasteiger partial charge is 0.385 e. The van der Waals surface area contributed by atoms with E-state index in [0.717, 1.165) is 0 Å². The fourth-order valence-corrected chi connectivity index (χ4v) is 2.33. The summed E-state index contributed by atoms with van der Waals surface area (Å²) in [5.41, 5.74) is 0.494. The molecule has 0 atom stereocenters. The molecule has 0 N–H and O–H groups in total. The van der Waals surface area contributed by atoms with Gasteiger partial charge in [0.1, 0.15) is 0 Å². The predicted octanol–water partition coefficient (Wildman–Crippen LogP) is 0.838. The molecular weight excluding hydrogens is 330 g/mol. The molecule has 4 rings (SSSR count). The Morgan fingerprint density at radius 2 is 1.84 bits per heavy atom. The van der Waals surface area contributed by atoms with E-state index in [1.807, 2.05) is 0 Å². The smallest absolute Gasteiger partial charge is 0.354 e. The molecule has 0 bridgehead atoms. The van der Waals surface area contributed by atoms with Gasteiger partial charge in [0.15, 0.2) is 17.1 Å². The normalized spacial score (nSPS) is 13.2. The highest BCUT2D eigenvalue weighted by Crippen LogP contribution is 2.24. The average Bonchev–Trinajstić information content (AvgIpc) is 3.31. The van der Waals surface area contributed by atoms with Crippen LogP contribution in [0.25, 0.3) is 11.5 Å². The Balaban J connectivity index is 1.55. The lowest BCUT2D eigenvalue weighted by molar-refractivity contribution is -0.0590. The van der Waals surface area contributed by atoms with E-state index in [4.69, 9.17) is 9.36 Å². The number of hydroxylamine groups is 2. The molecule has 1 aliphatic heterocycles. The molecule has 2 aromatic heterocycles. The van der Waals surface area contributed by atoms with Crippen LogP contribution in [-0.4, -0.2) is 43.0 Å². The van der Waals surface area contributed by atoms with Gasteiger partial charge in [0, 0.05) is 13.1 Å². The first-order valence-corrected chi connectivity index (χ1v) is 7.08. The molecule has 10 nitrogen and oxygen atoms in total. The standard InChI is InChI=1S/C15H9N5O5/c1-19-7-11(16-18-19)12-6-10(17-24-12)15(23)25-20-13(21)8-4-2-3-5-9(8)14(20)22/h2-7H,1H3. The maximum Gasteiger partial charge on any atom is 0.385 e. The third-order valence-corrected chi connectivity index (χ3v) is 3.51. The lowest BCUT2D eigenvalue weighted by Crippen LogP contribution is -2.32. The zero-order chi connectivity index (χ0) is 17.6. The number of rotatable bonds is 3. The minimum absolute atomic E-state index is 0.167. The molecule has 124 valence electrons. The second kappa shape index (κ2) is 5.37. The van der Waals surface area contributed by atoms with Crippen LogP contribution in [0.5, 0.6) is 0 Å². The summed E-state index contributed by atoms with van der Waals surface area (Å²) in [6, 6.07) is 7.46. The summed E-state index contributed by atoms with van der Waals surface area (Å²) < 4.78 is 6.46. The minimum Gasteiger partial charge on any atom is -0.354 e. The van der Waals surface area contributed by atoms with Crippen molar-refractivity contribution in [3.05, 3.63) is 53.3 Å². The van der Waals surface area contributed by atoms with Crippen molar-refractivity contribution in [1.29, 1.82) is 0 Å². The van der Waals surface area contributed by atoms with Crippen LogP contribution in [0.1, 0.15) is 31.2 Å². The monoisotopic (exact) mass is 339 g/mol. The van der Waals surface area contributed by atoms with Gasteiger partial charge in [0.25, 0.3) is 11.8 Å². The topological polar surface area (TPSA) is 120 Å². The molecule has 0 saturated heterocycles. The Hall–Kier alpha value is -3.82. The van der Waals surface area contributed by atoms with E-state index < -0.39 is 17.8 Å². The van der Waals surface area contributed by atoms with Gasteiger partial charge in [-0.05, 0) is 12.1 Å². The van der Waals surface area contributed by atoms with Gasteiger partial charge in [-0.2, -0.15) is 0 Å². The second-order valence-corrected chi connectivity index (χ2v) is 5.18. The molecule has 0 saturated carbocycles. The van der Waals surface area contributed by atoms with Crippen molar-refractivity contribution >= 4 is 17.8 Å². The van der Waals surface area contributed by atoms with Gasteiger partial charge in [-0.3, -0.25) is 14.3 Å². The zero-order valence-electron chi connectivity index (χ0n) is 12.7. The van der Waals surface area contributed by atoms with Gasteiger partial charge in [-0.1, -0.05) is 27.6 Å². The summed E-state index contributed by atoms with van der Waals surface area (Å²) in [4.78, 5) is 41.4. The van der Waals surface area contributed by atoms with E-state index in [2.05, 4.69) is 15.5 Å². The quantitative estimate of drug-likeness (QED) is 0.644. The van der Waals surface area contributed by atoms with E-state index >= 15 is 0 Å². The number of benzene rings is 1. The van der Waals surface area contributed by atoms with E-state index in [1.54, 1.807) is 25.4 Å². The summed E-state index contributed by atoms with van der Waals surface area (Å²) in [6.07, 6.45) is 1.57. The zero-order valence-corrected chi connectivity index (χ0v) is 12.7. The van der Waals surface area contributed by atoms with Crippen molar-refractivity contribution in [2.24, 2.45) is 7.05 Å². The summed E-state index contributed by atoms with van der Waals surface area (Å²) in [5, 5.41) is 11.5. The van der Waals surface area contributed by atoms with Crippen LogP contribution in [0.3, 0.4) is 0 Å². The van der Waals surface area contributed by atoms with Crippen molar-refractivity contribution in [1.82, 2.24) is 25.2 Å². The summed E-state index contributed by atoms with van der Waals surface area (Å²) in [5.74, 6) is -2.24. The summed E-state index contributed by atoms with van der Waals surface area (Å²) in [6.45, 7) is 0. The third kappa shape index (κ3) is 2.36. The number of aromatic nitrogens is 4. The van der Waals surface area contributed by atoms with Crippen LogP contribution in [0.2, 0.25) is 0 Å². The van der Waals surface area contributed by atoms with Gasteiger partial charge < -0.3 is 9.36 Å². The molecule has 1 aliphatic rings. The lowest BCUT2D eigenvalue weighted by atomic mass is 10.1. The molecule has 0 unspecified atom stereocenters. The van der Waals surface area contributed by atoms with Crippen LogP contribution < -0.4 is 0 Å². The number of imide groups is 1. The highest BCUT2D eigenvalue weighted by atomic mass is 16.7. The molecule has 0 fully saturated rings. The molecule has 10 heteroatoms. The predicted molar refractivity (Wildman–Crippen MR) is 78.9 cm³/mol. The molecule has 0 spiro atoms. The van der Waals surface area contributed by atoms with Gasteiger partial charge in [-0.25, -0.2) is 4.79 Å². The molecule has 3 aromatic rings. The molecule has 25 heavy (non-hydrogen) atoms. The fourth-order valence-electron chi connectivity index (χ4n) is 2.33. The van der Waals surface area contributed by atoms with Crippen LogP contribution in [-0.2, 0) is 11.9 Å². The first-order valence-electron chi connectivity index (χ1n) is 7.08. The molecule has 3 heterocycles. The Kier molecular flexibility index (Phi) is 3.17. The van der Waals surface area contributed by atoms with Gasteiger partial charge in [0.05, 0.1) is 17.3 Å². The lowest BCUT2D eigenvalue weighted by Gasteiger charge is -2.10. The Labute approximate surface area is 139 Å². The van der Waals surface area contributed by atoms with E-state index in [1.165, 1.54) is 22.9 Å². The summed E-state index contributed by atoms with van der Waals surface area (Å²) in [7, 11) is 1.67. The first kappa shape index (κ1) is 14.8. The van der Waals surface area contributed by atoms with Crippen molar-refractivity contribution < 1.29 is 23.7 Å². The fraction of sp³-hybridized carbons (Fsp3) is 0.0667. The van der Waals surface area contributed by atoms with Gasteiger partial charge in [0.2, 0.25) is 0 Å². The number of carbonyl (C=O) groups is 3. The number of hydrogen-bond acceptors (Lipinski definition) is 8. The Morgan fingerprint density at radius 3 is 2.44 bits per heavy atom. The van der Waals surface area contributed by atoms with Gasteiger partial charge in [-0.15, -0.1) is 5.10 Å². The van der Waals surface area contributed by atoms with Crippen molar-refractivity contribution in [3.63, 3.8) is 0 Å². The van der Waals surface area contributed by atoms with E-state index in [0.29, 0.717) is 10.8 Å². The van der Waals surface area contributed by atoms with Gasteiger partial charge >= 0.3 is 5.97 Å². The second-order valence-electron chi connectivity index (χ2n) is 5.18. The molecule has 0 aliphatic carbocycles. The maximum absolute atomic E-state index is 12.2. The maximum atomic E-state index is 12.2. The Bertz CT molecular complexity index is 986. The summed E-state index contributed by atoms with van der Waals surface area (Å²) >= 11 is 0. The highest BCUT2D eigenvalue weighted by molar-refractivity contribution is 6.21. The molecule has 2 amide bonds. The molecular formula is C15H9N5O5. The number of carbonyl (C=O) groups excluding carboxylic acids is 3. The van der Waals surface area contributed by atoms with Crippen LogP contribution in [0.4, 0.5) is 0 Å². The van der Waals surface area contributed by atoms with E-state index in [-0.39, 0.29) is 22.6 Å². The average molecular weight is 339 g/mol. The first-order chi connectivity index (χ1) is 12.0. The number of amides is 2. The van der Waals surface area contributed by atoms with E-state index in [9.17, 15) is 14.4 Å². The highest BCUT2D eigenvalue weighted by Gasteiger charge is 2.39.